The van der Waals surface area contributed by atoms with Crippen molar-refractivity contribution in [2.45, 2.75) is 31.9 Å². The van der Waals surface area contributed by atoms with Crippen molar-refractivity contribution in [2.75, 3.05) is 18.4 Å². The summed E-state index contributed by atoms with van der Waals surface area (Å²) < 4.78 is 40.9. The molecule has 4 rings (SSSR count). The van der Waals surface area contributed by atoms with E-state index in [0.29, 0.717) is 10.6 Å². The predicted molar refractivity (Wildman–Crippen MR) is 125 cm³/mol. The second-order valence-corrected chi connectivity index (χ2v) is 8.20. The van der Waals surface area contributed by atoms with Gasteiger partial charge in [0.25, 0.3) is 5.91 Å². The molecule has 33 heavy (non-hydrogen) atoms. The molecule has 1 aliphatic heterocycles. The summed E-state index contributed by atoms with van der Waals surface area (Å²) in [4.78, 5) is 13.1. The third-order valence-corrected chi connectivity index (χ3v) is 6.10. The number of nitrogens with zero attached hydrogens (tertiary/aromatic N) is 2. The first-order valence-electron chi connectivity index (χ1n) is 10.3. The Hall–Kier alpha value is -2.55. The number of piperidine rings is 1. The van der Waals surface area contributed by atoms with E-state index in [1.54, 1.807) is 10.7 Å². The Balaban J connectivity index is 0.00000306. The number of benzene rings is 2. The van der Waals surface area contributed by atoms with Crippen molar-refractivity contribution >= 4 is 35.6 Å². The summed E-state index contributed by atoms with van der Waals surface area (Å²) in [6.07, 6.45) is -1.39. The van der Waals surface area contributed by atoms with E-state index in [4.69, 9.17) is 11.6 Å². The molecule has 0 aliphatic carbocycles. The molecule has 0 unspecified atom stereocenters. The summed E-state index contributed by atoms with van der Waals surface area (Å²) in [6, 6.07) is 10.1. The van der Waals surface area contributed by atoms with Crippen molar-refractivity contribution in [3.63, 3.8) is 0 Å². The van der Waals surface area contributed by atoms with Crippen LogP contribution < -0.4 is 10.6 Å². The van der Waals surface area contributed by atoms with Crippen LogP contribution in [0.25, 0.3) is 5.69 Å². The molecule has 1 aliphatic rings. The SMILES string of the molecule is Cc1c(Cl)cccc1-n1ncc(C(=O)Nc2cccc(C(F)(F)F)c2)c1C1CCNCC1.Cl. The van der Waals surface area contributed by atoms with Gasteiger partial charge < -0.3 is 10.6 Å². The van der Waals surface area contributed by atoms with Gasteiger partial charge in [-0.15, -0.1) is 12.4 Å². The van der Waals surface area contributed by atoms with Crippen LogP contribution in [-0.4, -0.2) is 28.8 Å². The second-order valence-electron chi connectivity index (χ2n) is 7.80. The number of hydrogen-bond donors (Lipinski definition) is 2. The van der Waals surface area contributed by atoms with Gasteiger partial charge in [-0.05, 0) is 68.8 Å². The number of halogens is 5. The molecule has 2 aromatic carbocycles. The summed E-state index contributed by atoms with van der Waals surface area (Å²) in [7, 11) is 0. The van der Waals surface area contributed by atoms with Crippen LogP contribution in [0.4, 0.5) is 18.9 Å². The maximum atomic E-state index is 13.1. The van der Waals surface area contributed by atoms with E-state index in [2.05, 4.69) is 15.7 Å². The van der Waals surface area contributed by atoms with Gasteiger partial charge in [-0.3, -0.25) is 4.79 Å². The van der Waals surface area contributed by atoms with Crippen molar-refractivity contribution < 1.29 is 18.0 Å². The molecule has 1 aromatic heterocycles. The van der Waals surface area contributed by atoms with Crippen LogP contribution in [0.5, 0.6) is 0 Å². The largest absolute Gasteiger partial charge is 0.416 e. The Labute approximate surface area is 200 Å². The number of hydrogen-bond acceptors (Lipinski definition) is 3. The van der Waals surface area contributed by atoms with E-state index < -0.39 is 17.6 Å². The number of anilines is 1. The van der Waals surface area contributed by atoms with Gasteiger partial charge in [0.1, 0.15) is 0 Å². The molecule has 1 amide bonds. The zero-order chi connectivity index (χ0) is 22.9. The predicted octanol–water partition coefficient (Wildman–Crippen LogP) is 5.99. The van der Waals surface area contributed by atoms with Gasteiger partial charge in [0.05, 0.1) is 28.7 Å². The van der Waals surface area contributed by atoms with Crippen LogP contribution in [0.2, 0.25) is 5.02 Å². The minimum Gasteiger partial charge on any atom is -0.322 e. The molecule has 1 saturated heterocycles. The molecule has 0 bridgehead atoms. The average molecular weight is 499 g/mol. The Morgan fingerprint density at radius 1 is 1.18 bits per heavy atom. The molecular formula is C23H23Cl2F3N4O. The summed E-state index contributed by atoms with van der Waals surface area (Å²) in [5.41, 5.74) is 1.93. The van der Waals surface area contributed by atoms with E-state index in [1.807, 2.05) is 19.1 Å². The summed E-state index contributed by atoms with van der Waals surface area (Å²) >= 11 is 6.31. The van der Waals surface area contributed by atoms with E-state index in [-0.39, 0.29) is 24.0 Å². The highest BCUT2D eigenvalue weighted by Crippen LogP contribution is 2.34. The molecule has 1 fully saturated rings. The molecule has 3 aromatic rings. The molecule has 5 nitrogen and oxygen atoms in total. The molecule has 0 spiro atoms. The summed E-state index contributed by atoms with van der Waals surface area (Å²) in [5, 5.41) is 11.0. The molecule has 0 atom stereocenters. The highest BCUT2D eigenvalue weighted by Gasteiger charge is 2.31. The molecule has 2 N–H and O–H groups in total. The quantitative estimate of drug-likeness (QED) is 0.464. The fraction of sp³-hybridized carbons (Fsp3) is 0.304. The highest BCUT2D eigenvalue weighted by molar-refractivity contribution is 6.31. The molecule has 10 heteroatoms. The second kappa shape index (κ2) is 10.2. The topological polar surface area (TPSA) is 59.0 Å². The first-order chi connectivity index (χ1) is 15.3. The minimum atomic E-state index is -4.49. The van der Waals surface area contributed by atoms with Crippen LogP contribution in [0.15, 0.2) is 48.7 Å². The van der Waals surface area contributed by atoms with Crippen molar-refractivity contribution in [1.29, 1.82) is 0 Å². The third-order valence-electron chi connectivity index (χ3n) is 5.69. The molecular weight excluding hydrogens is 476 g/mol. The Morgan fingerprint density at radius 2 is 1.88 bits per heavy atom. The number of rotatable bonds is 4. The number of carbonyl (C=O) groups is 1. The summed E-state index contributed by atoms with van der Waals surface area (Å²) in [5.74, 6) is -0.428. The van der Waals surface area contributed by atoms with Gasteiger partial charge >= 0.3 is 6.18 Å². The number of carbonyl (C=O) groups excluding carboxylic acids is 1. The van der Waals surface area contributed by atoms with Gasteiger partial charge in [-0.1, -0.05) is 23.7 Å². The van der Waals surface area contributed by atoms with Crippen LogP contribution >= 0.6 is 24.0 Å². The van der Waals surface area contributed by atoms with Gasteiger partial charge in [0.15, 0.2) is 0 Å². The smallest absolute Gasteiger partial charge is 0.322 e. The molecule has 176 valence electrons. The fourth-order valence-corrected chi connectivity index (χ4v) is 4.18. The van der Waals surface area contributed by atoms with Crippen molar-refractivity contribution in [1.82, 2.24) is 15.1 Å². The van der Waals surface area contributed by atoms with Crippen molar-refractivity contribution in [3.05, 3.63) is 76.1 Å². The maximum Gasteiger partial charge on any atom is 0.416 e. The van der Waals surface area contributed by atoms with Crippen LogP contribution in [0.3, 0.4) is 0 Å². The zero-order valence-electron chi connectivity index (χ0n) is 17.7. The number of amides is 1. The first-order valence-corrected chi connectivity index (χ1v) is 10.7. The normalized spacial score (nSPS) is 14.6. The lowest BCUT2D eigenvalue weighted by Gasteiger charge is -2.25. The zero-order valence-corrected chi connectivity index (χ0v) is 19.3. The van der Waals surface area contributed by atoms with Crippen molar-refractivity contribution in [3.8, 4) is 5.69 Å². The molecule has 0 saturated carbocycles. The van der Waals surface area contributed by atoms with Crippen LogP contribution in [0.1, 0.15) is 45.9 Å². The maximum absolute atomic E-state index is 13.1. The monoisotopic (exact) mass is 498 g/mol. The van der Waals surface area contributed by atoms with E-state index in [1.165, 1.54) is 18.3 Å². The lowest BCUT2D eigenvalue weighted by molar-refractivity contribution is -0.137. The lowest BCUT2D eigenvalue weighted by Crippen LogP contribution is -2.29. The molecule has 2 heterocycles. The first kappa shape index (κ1) is 25.1. The Morgan fingerprint density at radius 3 is 2.58 bits per heavy atom. The third kappa shape index (κ3) is 5.34. The van der Waals surface area contributed by atoms with Crippen LogP contribution in [0, 0.1) is 6.92 Å². The van der Waals surface area contributed by atoms with Gasteiger partial charge in [-0.25, -0.2) is 4.68 Å². The fourth-order valence-electron chi connectivity index (χ4n) is 4.01. The number of aromatic nitrogens is 2. The standard InChI is InChI=1S/C23H22ClF3N4O.ClH/c1-14-19(24)6-3-7-20(14)31-21(15-8-10-28-11-9-15)18(13-29-31)22(32)30-17-5-2-4-16(12-17)23(25,26)27;/h2-7,12-13,15,28H,8-11H2,1H3,(H,30,32);1H. The van der Waals surface area contributed by atoms with Gasteiger partial charge in [-0.2, -0.15) is 18.3 Å². The van der Waals surface area contributed by atoms with E-state index in [0.717, 1.165) is 55.0 Å². The summed E-state index contributed by atoms with van der Waals surface area (Å²) in [6.45, 7) is 3.49. The van der Waals surface area contributed by atoms with E-state index in [9.17, 15) is 18.0 Å². The lowest BCUT2D eigenvalue weighted by atomic mass is 9.91. The van der Waals surface area contributed by atoms with Gasteiger partial charge in [0, 0.05) is 16.6 Å². The van der Waals surface area contributed by atoms with Crippen molar-refractivity contribution in [2.24, 2.45) is 0 Å². The van der Waals surface area contributed by atoms with Gasteiger partial charge in [0.2, 0.25) is 0 Å². The average Bonchev–Trinajstić information content (AvgIpc) is 3.21. The number of alkyl halides is 3. The van der Waals surface area contributed by atoms with Crippen LogP contribution in [-0.2, 0) is 6.18 Å². The Kier molecular flexibility index (Phi) is 7.72. The molecule has 0 radical (unpaired) electrons. The highest BCUT2D eigenvalue weighted by atomic mass is 35.5. The number of nitrogens with one attached hydrogen (secondary N) is 2. The minimum absolute atomic E-state index is 0. The van der Waals surface area contributed by atoms with E-state index >= 15 is 0 Å². The Bertz CT molecular complexity index is 1140.